The first-order valence-electron chi connectivity index (χ1n) is 5.53. The highest BCUT2D eigenvalue weighted by Crippen LogP contribution is 2.28. The van der Waals surface area contributed by atoms with E-state index in [1.54, 1.807) is 11.3 Å². The Balaban J connectivity index is 2.34. The molecule has 0 aliphatic carbocycles. The molecule has 0 aliphatic rings. The van der Waals surface area contributed by atoms with E-state index >= 15 is 0 Å². The zero-order valence-electron chi connectivity index (χ0n) is 9.56. The maximum atomic E-state index is 10.3. The summed E-state index contributed by atoms with van der Waals surface area (Å²) < 4.78 is 1.23. The topological polar surface area (TPSA) is 30.0 Å². The lowest BCUT2D eigenvalue weighted by Crippen LogP contribution is -1.85. The van der Waals surface area contributed by atoms with Crippen LogP contribution in [0.5, 0.6) is 0 Å². The SMILES string of the molecule is CC(C)c1nc2ccc(CCC=O)cc2s1. The van der Waals surface area contributed by atoms with Crippen LogP contribution in [0.25, 0.3) is 10.2 Å². The molecule has 1 aromatic heterocycles. The van der Waals surface area contributed by atoms with Crippen LogP contribution in [0.2, 0.25) is 0 Å². The Hall–Kier alpha value is -1.22. The third-order valence-corrected chi connectivity index (χ3v) is 3.83. The first kappa shape index (κ1) is 11.3. The van der Waals surface area contributed by atoms with E-state index in [4.69, 9.17) is 0 Å². The van der Waals surface area contributed by atoms with Gasteiger partial charge in [-0.3, -0.25) is 0 Å². The quantitative estimate of drug-likeness (QED) is 0.756. The fourth-order valence-corrected chi connectivity index (χ4v) is 2.65. The van der Waals surface area contributed by atoms with Crippen LogP contribution in [0.3, 0.4) is 0 Å². The van der Waals surface area contributed by atoms with E-state index in [2.05, 4.69) is 37.0 Å². The Kier molecular flexibility index (Phi) is 3.34. The first-order chi connectivity index (χ1) is 7.70. The van der Waals surface area contributed by atoms with Gasteiger partial charge in [-0.15, -0.1) is 11.3 Å². The fraction of sp³-hybridized carbons (Fsp3) is 0.385. The Bertz CT molecular complexity index is 502. The lowest BCUT2D eigenvalue weighted by atomic mass is 10.1. The Morgan fingerprint density at radius 1 is 1.44 bits per heavy atom. The standard InChI is InChI=1S/C13H15NOS/c1-9(2)13-14-11-6-5-10(4-3-7-15)8-12(11)16-13/h5-9H,3-4H2,1-2H3. The van der Waals surface area contributed by atoms with Gasteiger partial charge in [-0.2, -0.15) is 0 Å². The van der Waals surface area contributed by atoms with Gasteiger partial charge in [0.2, 0.25) is 0 Å². The predicted octanol–water partition coefficient (Wildman–Crippen LogP) is 3.55. The number of hydrogen-bond donors (Lipinski definition) is 0. The molecule has 1 heterocycles. The van der Waals surface area contributed by atoms with Gasteiger partial charge in [0.25, 0.3) is 0 Å². The molecule has 3 heteroatoms. The van der Waals surface area contributed by atoms with Gasteiger partial charge in [0, 0.05) is 12.3 Å². The summed E-state index contributed by atoms with van der Waals surface area (Å²) >= 11 is 1.75. The van der Waals surface area contributed by atoms with E-state index in [1.807, 2.05) is 0 Å². The lowest BCUT2D eigenvalue weighted by Gasteiger charge is -1.96. The number of hydrogen-bond acceptors (Lipinski definition) is 3. The Morgan fingerprint density at radius 3 is 2.94 bits per heavy atom. The number of carbonyl (C=O) groups is 1. The monoisotopic (exact) mass is 233 g/mol. The number of aldehydes is 1. The molecule has 0 atom stereocenters. The summed E-state index contributed by atoms with van der Waals surface area (Å²) in [5.74, 6) is 0.482. The van der Waals surface area contributed by atoms with E-state index in [-0.39, 0.29) is 0 Å². The highest BCUT2D eigenvalue weighted by molar-refractivity contribution is 7.18. The minimum absolute atomic E-state index is 0.482. The van der Waals surface area contributed by atoms with E-state index in [0.717, 1.165) is 18.2 Å². The summed E-state index contributed by atoms with van der Waals surface area (Å²) in [5, 5.41) is 1.18. The van der Waals surface area contributed by atoms with Crippen LogP contribution < -0.4 is 0 Å². The van der Waals surface area contributed by atoms with Crippen molar-refractivity contribution in [3.05, 3.63) is 28.8 Å². The number of nitrogens with zero attached hydrogens (tertiary/aromatic N) is 1. The summed E-state index contributed by atoms with van der Waals surface area (Å²) in [6.07, 6.45) is 2.39. The molecule has 1 aromatic carbocycles. The number of thiazole rings is 1. The second kappa shape index (κ2) is 4.74. The molecular weight excluding hydrogens is 218 g/mol. The van der Waals surface area contributed by atoms with Crippen molar-refractivity contribution in [3.8, 4) is 0 Å². The minimum Gasteiger partial charge on any atom is -0.303 e. The van der Waals surface area contributed by atoms with Gasteiger partial charge in [0.05, 0.1) is 15.2 Å². The van der Waals surface area contributed by atoms with Crippen molar-refractivity contribution >= 4 is 27.8 Å². The van der Waals surface area contributed by atoms with Crippen LogP contribution >= 0.6 is 11.3 Å². The average molecular weight is 233 g/mol. The smallest absolute Gasteiger partial charge is 0.120 e. The summed E-state index contributed by atoms with van der Waals surface area (Å²) in [5.41, 5.74) is 2.29. The van der Waals surface area contributed by atoms with E-state index in [0.29, 0.717) is 12.3 Å². The van der Waals surface area contributed by atoms with Crippen molar-refractivity contribution < 1.29 is 4.79 Å². The molecule has 0 amide bonds. The zero-order valence-corrected chi connectivity index (χ0v) is 10.4. The molecule has 2 nitrogen and oxygen atoms in total. The number of benzene rings is 1. The first-order valence-corrected chi connectivity index (χ1v) is 6.35. The summed E-state index contributed by atoms with van der Waals surface area (Å²) in [7, 11) is 0. The zero-order chi connectivity index (χ0) is 11.5. The summed E-state index contributed by atoms with van der Waals surface area (Å²) in [4.78, 5) is 14.9. The van der Waals surface area contributed by atoms with Crippen LogP contribution in [0.4, 0.5) is 0 Å². The Morgan fingerprint density at radius 2 is 2.25 bits per heavy atom. The van der Waals surface area contributed by atoms with Gasteiger partial charge in [0.15, 0.2) is 0 Å². The molecule has 0 aliphatic heterocycles. The van der Waals surface area contributed by atoms with Gasteiger partial charge in [-0.25, -0.2) is 4.98 Å². The van der Waals surface area contributed by atoms with Gasteiger partial charge in [-0.05, 0) is 24.1 Å². The maximum Gasteiger partial charge on any atom is 0.120 e. The van der Waals surface area contributed by atoms with Gasteiger partial charge in [0.1, 0.15) is 6.29 Å². The molecule has 16 heavy (non-hydrogen) atoms. The van der Waals surface area contributed by atoms with Gasteiger partial charge >= 0.3 is 0 Å². The van der Waals surface area contributed by atoms with Crippen molar-refractivity contribution in [1.29, 1.82) is 0 Å². The number of aryl methyl sites for hydroxylation is 1. The predicted molar refractivity (Wildman–Crippen MR) is 68.1 cm³/mol. The molecule has 0 N–H and O–H groups in total. The molecular formula is C13H15NOS. The van der Waals surface area contributed by atoms with Crippen molar-refractivity contribution in [2.75, 3.05) is 0 Å². The van der Waals surface area contributed by atoms with Crippen molar-refractivity contribution in [1.82, 2.24) is 4.98 Å². The van der Waals surface area contributed by atoms with E-state index < -0.39 is 0 Å². The lowest BCUT2D eigenvalue weighted by molar-refractivity contribution is -0.107. The largest absolute Gasteiger partial charge is 0.303 e. The average Bonchev–Trinajstić information content (AvgIpc) is 2.69. The maximum absolute atomic E-state index is 10.3. The molecule has 0 bridgehead atoms. The molecule has 0 unspecified atom stereocenters. The third-order valence-electron chi connectivity index (χ3n) is 2.51. The molecule has 0 radical (unpaired) electrons. The van der Waals surface area contributed by atoms with Crippen LogP contribution in [-0.2, 0) is 11.2 Å². The molecule has 0 spiro atoms. The second-order valence-corrected chi connectivity index (χ2v) is 5.28. The fourth-order valence-electron chi connectivity index (χ4n) is 1.61. The number of rotatable bonds is 4. The van der Waals surface area contributed by atoms with E-state index in [9.17, 15) is 4.79 Å². The highest BCUT2D eigenvalue weighted by Gasteiger charge is 2.07. The van der Waals surface area contributed by atoms with Crippen LogP contribution in [0.1, 0.15) is 36.8 Å². The third kappa shape index (κ3) is 2.30. The van der Waals surface area contributed by atoms with Gasteiger partial charge in [-0.1, -0.05) is 19.9 Å². The van der Waals surface area contributed by atoms with E-state index in [1.165, 1.54) is 15.3 Å². The Labute approximate surface area is 99.3 Å². The molecule has 84 valence electrons. The molecule has 0 saturated heterocycles. The summed E-state index contributed by atoms with van der Waals surface area (Å²) in [6.45, 7) is 4.32. The highest BCUT2D eigenvalue weighted by atomic mass is 32.1. The minimum atomic E-state index is 0.482. The second-order valence-electron chi connectivity index (χ2n) is 4.21. The number of fused-ring (bicyclic) bond motifs is 1. The normalized spacial score (nSPS) is 11.2. The van der Waals surface area contributed by atoms with Crippen molar-refractivity contribution in [3.63, 3.8) is 0 Å². The molecule has 2 aromatic rings. The molecule has 2 rings (SSSR count). The number of aromatic nitrogens is 1. The van der Waals surface area contributed by atoms with Crippen molar-refractivity contribution in [2.24, 2.45) is 0 Å². The molecule has 0 fully saturated rings. The number of carbonyl (C=O) groups excluding carboxylic acids is 1. The molecule has 0 saturated carbocycles. The van der Waals surface area contributed by atoms with Crippen LogP contribution in [0, 0.1) is 0 Å². The van der Waals surface area contributed by atoms with Crippen LogP contribution in [-0.4, -0.2) is 11.3 Å². The van der Waals surface area contributed by atoms with Crippen LogP contribution in [0.15, 0.2) is 18.2 Å². The summed E-state index contributed by atoms with van der Waals surface area (Å²) in [6, 6.07) is 6.27. The van der Waals surface area contributed by atoms with Gasteiger partial charge < -0.3 is 4.79 Å². The van der Waals surface area contributed by atoms with Crippen molar-refractivity contribution in [2.45, 2.75) is 32.6 Å².